The number of nitrogens with zero attached hydrogens (tertiary/aromatic N) is 3. The van der Waals surface area contributed by atoms with Gasteiger partial charge in [0, 0.05) is 44.6 Å². The van der Waals surface area contributed by atoms with Gasteiger partial charge in [-0.25, -0.2) is 0 Å². The van der Waals surface area contributed by atoms with E-state index >= 15 is 0 Å². The normalized spacial score (nSPS) is 22.7. The van der Waals surface area contributed by atoms with Crippen LogP contribution in [-0.4, -0.2) is 68.6 Å². The summed E-state index contributed by atoms with van der Waals surface area (Å²) in [4.78, 5) is 22.5. The van der Waals surface area contributed by atoms with Crippen molar-refractivity contribution in [2.75, 3.05) is 46.9 Å². The van der Waals surface area contributed by atoms with Crippen LogP contribution in [0, 0.1) is 11.8 Å². The Labute approximate surface area is 166 Å². The van der Waals surface area contributed by atoms with Crippen molar-refractivity contribution in [3.8, 4) is 0 Å². The molecule has 1 N–H and O–H groups in total. The number of aliphatic imine (C=N–C) groups is 1. The van der Waals surface area contributed by atoms with E-state index in [1.807, 2.05) is 18.4 Å². The molecule has 0 amide bonds. The number of esters is 1. The van der Waals surface area contributed by atoms with Crippen LogP contribution in [0.1, 0.15) is 30.6 Å². The lowest BCUT2D eigenvalue weighted by Crippen LogP contribution is -2.49. The molecule has 1 unspecified atom stereocenters. The standard InChI is InChI=1S/C20H32N4O2S/c1-21-20(24-10-7-17(8-11-24)19(25)26-2)22-13-16-5-3-9-23(14-16)15-18-6-4-12-27-18/h4,6,12,16-17H,3,5,7-11,13-15H2,1-2H3,(H,21,22). The van der Waals surface area contributed by atoms with E-state index in [0.717, 1.165) is 51.5 Å². The van der Waals surface area contributed by atoms with Crippen LogP contribution < -0.4 is 5.32 Å². The zero-order valence-corrected chi connectivity index (χ0v) is 17.3. The minimum atomic E-state index is -0.0781. The molecule has 0 aliphatic carbocycles. The van der Waals surface area contributed by atoms with Crippen LogP contribution >= 0.6 is 11.3 Å². The molecule has 27 heavy (non-hydrogen) atoms. The molecule has 2 aliphatic heterocycles. The topological polar surface area (TPSA) is 57.2 Å². The first-order chi connectivity index (χ1) is 13.2. The highest BCUT2D eigenvalue weighted by Crippen LogP contribution is 2.21. The summed E-state index contributed by atoms with van der Waals surface area (Å²) in [6.45, 7) is 6.09. The fourth-order valence-corrected chi connectivity index (χ4v) is 4.89. The van der Waals surface area contributed by atoms with Crippen molar-refractivity contribution in [1.29, 1.82) is 0 Å². The fraction of sp³-hybridized carbons (Fsp3) is 0.700. The second-order valence-corrected chi connectivity index (χ2v) is 8.57. The summed E-state index contributed by atoms with van der Waals surface area (Å²) >= 11 is 1.85. The van der Waals surface area contributed by atoms with Gasteiger partial charge in [-0.15, -0.1) is 11.3 Å². The zero-order chi connectivity index (χ0) is 19.1. The van der Waals surface area contributed by atoms with Crippen molar-refractivity contribution in [3.05, 3.63) is 22.4 Å². The summed E-state index contributed by atoms with van der Waals surface area (Å²) in [7, 11) is 3.32. The number of rotatable bonds is 5. The van der Waals surface area contributed by atoms with Crippen LogP contribution in [0.4, 0.5) is 0 Å². The molecule has 1 aromatic rings. The number of methoxy groups -OCH3 is 1. The Hall–Kier alpha value is -1.60. The summed E-state index contributed by atoms with van der Waals surface area (Å²) in [5.41, 5.74) is 0. The van der Waals surface area contributed by atoms with Gasteiger partial charge in [-0.3, -0.25) is 14.7 Å². The number of carbonyl (C=O) groups is 1. The molecule has 0 aromatic carbocycles. The number of nitrogens with one attached hydrogen (secondary N) is 1. The van der Waals surface area contributed by atoms with Gasteiger partial charge in [-0.2, -0.15) is 0 Å². The van der Waals surface area contributed by atoms with Gasteiger partial charge in [0.25, 0.3) is 0 Å². The Morgan fingerprint density at radius 3 is 2.81 bits per heavy atom. The molecule has 2 aliphatic rings. The van der Waals surface area contributed by atoms with Crippen molar-refractivity contribution in [3.63, 3.8) is 0 Å². The number of hydrogen-bond donors (Lipinski definition) is 1. The summed E-state index contributed by atoms with van der Waals surface area (Å²) in [6, 6.07) is 4.36. The van der Waals surface area contributed by atoms with E-state index in [-0.39, 0.29) is 11.9 Å². The third-order valence-electron chi connectivity index (χ3n) is 5.65. The zero-order valence-electron chi connectivity index (χ0n) is 16.5. The molecule has 0 radical (unpaired) electrons. The van der Waals surface area contributed by atoms with Crippen molar-refractivity contribution < 1.29 is 9.53 Å². The van der Waals surface area contributed by atoms with Crippen molar-refractivity contribution in [2.45, 2.75) is 32.2 Å². The van der Waals surface area contributed by atoms with E-state index in [1.165, 1.54) is 31.4 Å². The molecule has 6 nitrogen and oxygen atoms in total. The predicted octanol–water partition coefficient (Wildman–Crippen LogP) is 2.42. The molecule has 3 heterocycles. The molecule has 150 valence electrons. The van der Waals surface area contributed by atoms with Gasteiger partial charge < -0.3 is 15.0 Å². The molecule has 7 heteroatoms. The van der Waals surface area contributed by atoms with E-state index in [2.05, 4.69) is 37.6 Å². The Bertz CT molecular complexity index is 612. The van der Waals surface area contributed by atoms with Gasteiger partial charge in [-0.1, -0.05) is 6.07 Å². The third kappa shape index (κ3) is 5.69. The van der Waals surface area contributed by atoms with E-state index in [0.29, 0.717) is 5.92 Å². The van der Waals surface area contributed by atoms with E-state index in [4.69, 9.17) is 4.74 Å². The summed E-state index contributed by atoms with van der Waals surface area (Å²) in [6.07, 6.45) is 4.22. The Kier molecular flexibility index (Phi) is 7.52. The molecular formula is C20H32N4O2S. The maximum absolute atomic E-state index is 11.7. The Morgan fingerprint density at radius 2 is 2.15 bits per heavy atom. The number of likely N-dealkylation sites (tertiary alicyclic amines) is 2. The Balaban J connectivity index is 1.43. The number of thiophene rings is 1. The summed E-state index contributed by atoms with van der Waals surface area (Å²) in [5, 5.41) is 5.74. The largest absolute Gasteiger partial charge is 0.469 e. The van der Waals surface area contributed by atoms with Crippen molar-refractivity contribution >= 4 is 23.3 Å². The van der Waals surface area contributed by atoms with E-state index < -0.39 is 0 Å². The molecule has 3 rings (SSSR count). The molecule has 0 bridgehead atoms. The summed E-state index contributed by atoms with van der Waals surface area (Å²) in [5.74, 6) is 1.58. The molecule has 1 aromatic heterocycles. The number of ether oxygens (including phenoxy) is 1. The van der Waals surface area contributed by atoms with Gasteiger partial charge in [0.1, 0.15) is 0 Å². The smallest absolute Gasteiger partial charge is 0.308 e. The number of hydrogen-bond acceptors (Lipinski definition) is 5. The second-order valence-electron chi connectivity index (χ2n) is 7.54. The minimum absolute atomic E-state index is 0.0357. The lowest BCUT2D eigenvalue weighted by Gasteiger charge is -2.35. The minimum Gasteiger partial charge on any atom is -0.469 e. The average Bonchev–Trinajstić information content (AvgIpc) is 3.21. The SMILES string of the molecule is CN=C(NCC1CCCN(Cc2cccs2)C1)N1CCC(C(=O)OC)CC1. The van der Waals surface area contributed by atoms with Crippen LogP contribution in [-0.2, 0) is 16.1 Å². The van der Waals surface area contributed by atoms with Gasteiger partial charge in [0.05, 0.1) is 13.0 Å². The van der Waals surface area contributed by atoms with Gasteiger partial charge in [-0.05, 0) is 49.6 Å². The predicted molar refractivity (Wildman–Crippen MR) is 110 cm³/mol. The Morgan fingerprint density at radius 1 is 1.33 bits per heavy atom. The number of carbonyl (C=O) groups excluding carboxylic acids is 1. The van der Waals surface area contributed by atoms with Gasteiger partial charge in [0.15, 0.2) is 5.96 Å². The second kappa shape index (κ2) is 10.1. The molecule has 0 spiro atoms. The van der Waals surface area contributed by atoms with Crippen molar-refractivity contribution in [2.24, 2.45) is 16.8 Å². The maximum Gasteiger partial charge on any atom is 0.308 e. The number of piperidine rings is 2. The van der Waals surface area contributed by atoms with E-state index in [9.17, 15) is 4.79 Å². The van der Waals surface area contributed by atoms with Crippen LogP contribution in [0.25, 0.3) is 0 Å². The van der Waals surface area contributed by atoms with Crippen molar-refractivity contribution in [1.82, 2.24) is 15.1 Å². The first-order valence-electron chi connectivity index (χ1n) is 9.97. The first kappa shape index (κ1) is 20.1. The quantitative estimate of drug-likeness (QED) is 0.474. The monoisotopic (exact) mass is 392 g/mol. The maximum atomic E-state index is 11.7. The first-order valence-corrected chi connectivity index (χ1v) is 10.9. The van der Waals surface area contributed by atoms with Gasteiger partial charge >= 0.3 is 5.97 Å². The highest BCUT2D eigenvalue weighted by Gasteiger charge is 2.27. The highest BCUT2D eigenvalue weighted by atomic mass is 32.1. The molecule has 2 fully saturated rings. The lowest BCUT2D eigenvalue weighted by atomic mass is 9.97. The van der Waals surface area contributed by atoms with Crippen LogP contribution in [0.3, 0.4) is 0 Å². The van der Waals surface area contributed by atoms with Crippen LogP contribution in [0.5, 0.6) is 0 Å². The summed E-state index contributed by atoms with van der Waals surface area (Å²) < 4.78 is 4.88. The highest BCUT2D eigenvalue weighted by molar-refractivity contribution is 7.09. The lowest BCUT2D eigenvalue weighted by molar-refractivity contribution is -0.146. The fourth-order valence-electron chi connectivity index (χ4n) is 4.15. The molecular weight excluding hydrogens is 360 g/mol. The third-order valence-corrected chi connectivity index (χ3v) is 6.51. The molecule has 0 saturated carbocycles. The van der Waals surface area contributed by atoms with Gasteiger partial charge in [0.2, 0.25) is 0 Å². The molecule has 2 saturated heterocycles. The van der Waals surface area contributed by atoms with Crippen LogP contribution in [0.2, 0.25) is 0 Å². The number of guanidine groups is 1. The average molecular weight is 393 g/mol. The van der Waals surface area contributed by atoms with Crippen LogP contribution in [0.15, 0.2) is 22.5 Å². The van der Waals surface area contributed by atoms with E-state index in [1.54, 1.807) is 0 Å². The molecule has 1 atom stereocenters.